The van der Waals surface area contributed by atoms with Crippen LogP contribution in [0.3, 0.4) is 0 Å². The van der Waals surface area contributed by atoms with E-state index in [1.807, 2.05) is 4.90 Å². The summed E-state index contributed by atoms with van der Waals surface area (Å²) in [6.45, 7) is 7.43. The maximum absolute atomic E-state index is 13.2. The third kappa shape index (κ3) is 4.09. The lowest BCUT2D eigenvalue weighted by Crippen LogP contribution is -2.64. The Balaban J connectivity index is 1.55. The van der Waals surface area contributed by atoms with Crippen molar-refractivity contribution >= 4 is 5.91 Å². The number of likely N-dealkylation sites (tertiary alicyclic amines) is 1. The van der Waals surface area contributed by atoms with Crippen molar-refractivity contribution in [1.29, 1.82) is 0 Å². The first-order valence-corrected chi connectivity index (χ1v) is 11.3. The summed E-state index contributed by atoms with van der Waals surface area (Å²) in [4.78, 5) is 33.1. The van der Waals surface area contributed by atoms with Gasteiger partial charge in [0.15, 0.2) is 5.75 Å². The molecule has 4 atom stereocenters. The Hall–Kier alpha value is -1.82. The lowest BCUT2D eigenvalue weighted by molar-refractivity contribution is -0.0682. The molecule has 3 aliphatic heterocycles. The molecule has 6 heteroatoms. The molecule has 3 aliphatic rings. The fraction of sp³-hybridized carbons (Fsp3) is 0.739. The molecule has 0 aliphatic carbocycles. The van der Waals surface area contributed by atoms with Gasteiger partial charge in [-0.25, -0.2) is 0 Å². The van der Waals surface area contributed by atoms with Gasteiger partial charge in [-0.1, -0.05) is 20.3 Å². The Morgan fingerprint density at radius 2 is 2.07 bits per heavy atom. The van der Waals surface area contributed by atoms with Crippen LogP contribution < -0.4 is 10.2 Å². The number of pyridine rings is 1. The van der Waals surface area contributed by atoms with E-state index < -0.39 is 0 Å². The standard InChI is InChI=1S/C23H35N3O3/c1-15(2)7-8-20-17-10-16(19-6-4-5-9-26(19)20)13-25(14-17)23(28)18-11-21(27)22(29-3)12-24-18/h11-12,15-17,19-20H,4-10,13-14H2,1-3H3,(H,24,27)/t16-,17+,19+,20+/m1/s1. The summed E-state index contributed by atoms with van der Waals surface area (Å²) in [5.41, 5.74) is 0.120. The number of amides is 1. The number of piperidine rings is 3. The fourth-order valence-electron chi connectivity index (χ4n) is 5.89. The number of aromatic amines is 1. The lowest BCUT2D eigenvalue weighted by Gasteiger charge is -2.57. The van der Waals surface area contributed by atoms with E-state index in [0.29, 0.717) is 35.5 Å². The molecule has 2 bridgehead atoms. The molecular formula is C23H35N3O3. The highest BCUT2D eigenvalue weighted by atomic mass is 16.5. The van der Waals surface area contributed by atoms with Crippen LogP contribution in [0, 0.1) is 17.8 Å². The second-order valence-corrected chi connectivity index (χ2v) is 9.58. The average molecular weight is 402 g/mol. The number of H-pyrrole nitrogens is 1. The summed E-state index contributed by atoms with van der Waals surface area (Å²) in [5, 5.41) is 0. The molecule has 3 saturated heterocycles. The highest BCUT2D eigenvalue weighted by Crippen LogP contribution is 2.43. The molecule has 0 saturated carbocycles. The molecule has 3 fully saturated rings. The van der Waals surface area contributed by atoms with E-state index in [2.05, 4.69) is 23.7 Å². The number of aromatic nitrogens is 1. The number of hydrogen-bond acceptors (Lipinski definition) is 4. The van der Waals surface area contributed by atoms with Gasteiger partial charge in [-0.05, 0) is 56.4 Å². The van der Waals surface area contributed by atoms with Gasteiger partial charge in [-0.2, -0.15) is 0 Å². The molecule has 0 spiro atoms. The predicted molar refractivity (Wildman–Crippen MR) is 113 cm³/mol. The first-order valence-electron chi connectivity index (χ1n) is 11.3. The third-order valence-corrected chi connectivity index (χ3v) is 7.28. The van der Waals surface area contributed by atoms with E-state index in [-0.39, 0.29) is 17.1 Å². The topological polar surface area (TPSA) is 65.6 Å². The summed E-state index contributed by atoms with van der Waals surface area (Å²) in [5.74, 6) is 1.99. The second-order valence-electron chi connectivity index (χ2n) is 9.58. The van der Waals surface area contributed by atoms with Crippen molar-refractivity contribution in [3.8, 4) is 5.75 Å². The molecule has 4 rings (SSSR count). The van der Waals surface area contributed by atoms with Crippen LogP contribution in [0.4, 0.5) is 0 Å². The lowest BCUT2D eigenvalue weighted by atomic mass is 9.71. The molecule has 1 amide bonds. The minimum atomic E-state index is -0.250. The summed E-state index contributed by atoms with van der Waals surface area (Å²) in [7, 11) is 1.46. The molecule has 160 valence electrons. The maximum Gasteiger partial charge on any atom is 0.270 e. The van der Waals surface area contributed by atoms with E-state index in [1.54, 1.807) is 0 Å². The number of carbonyl (C=O) groups excluding carboxylic acids is 1. The van der Waals surface area contributed by atoms with Crippen LogP contribution in [-0.4, -0.2) is 59.5 Å². The minimum absolute atomic E-state index is 0.0497. The summed E-state index contributed by atoms with van der Waals surface area (Å²) < 4.78 is 5.03. The average Bonchev–Trinajstić information content (AvgIpc) is 2.72. The Morgan fingerprint density at radius 3 is 2.79 bits per heavy atom. The number of nitrogens with one attached hydrogen (secondary N) is 1. The first-order chi connectivity index (χ1) is 14.0. The number of hydrogen-bond donors (Lipinski definition) is 1. The molecule has 6 nitrogen and oxygen atoms in total. The predicted octanol–water partition coefficient (Wildman–Crippen LogP) is 3.13. The van der Waals surface area contributed by atoms with Crippen LogP contribution >= 0.6 is 0 Å². The molecule has 1 aromatic rings. The van der Waals surface area contributed by atoms with E-state index in [1.165, 1.54) is 64.4 Å². The normalized spacial score (nSPS) is 29.6. The zero-order valence-electron chi connectivity index (χ0n) is 18.0. The molecule has 4 heterocycles. The Labute approximate surface area is 173 Å². The number of ether oxygens (including phenoxy) is 1. The van der Waals surface area contributed by atoms with Gasteiger partial charge in [0.05, 0.1) is 7.11 Å². The largest absolute Gasteiger partial charge is 0.491 e. The minimum Gasteiger partial charge on any atom is -0.491 e. The number of fused-ring (bicyclic) bond motifs is 4. The van der Waals surface area contributed by atoms with Crippen LogP contribution in [0.1, 0.15) is 62.9 Å². The van der Waals surface area contributed by atoms with Crippen molar-refractivity contribution in [2.75, 3.05) is 26.7 Å². The Kier molecular flexibility index (Phi) is 6.00. The van der Waals surface area contributed by atoms with Gasteiger partial charge >= 0.3 is 0 Å². The molecule has 1 N–H and O–H groups in total. The highest BCUT2D eigenvalue weighted by molar-refractivity contribution is 5.92. The summed E-state index contributed by atoms with van der Waals surface area (Å²) in [6.07, 6.45) is 9.09. The fourth-order valence-corrected chi connectivity index (χ4v) is 5.89. The van der Waals surface area contributed by atoms with Gasteiger partial charge in [-0.3, -0.25) is 14.5 Å². The first kappa shape index (κ1) is 20.5. The van der Waals surface area contributed by atoms with Gasteiger partial charge in [-0.15, -0.1) is 0 Å². The monoisotopic (exact) mass is 401 g/mol. The van der Waals surface area contributed by atoms with Gasteiger partial charge in [0.1, 0.15) is 5.69 Å². The van der Waals surface area contributed by atoms with Gasteiger partial charge in [0, 0.05) is 37.4 Å². The van der Waals surface area contributed by atoms with Gasteiger partial charge < -0.3 is 14.6 Å². The van der Waals surface area contributed by atoms with E-state index in [4.69, 9.17) is 4.74 Å². The highest BCUT2D eigenvalue weighted by Gasteiger charge is 2.47. The second kappa shape index (κ2) is 8.50. The van der Waals surface area contributed by atoms with Crippen molar-refractivity contribution in [2.24, 2.45) is 17.8 Å². The van der Waals surface area contributed by atoms with Crippen molar-refractivity contribution in [1.82, 2.24) is 14.8 Å². The summed E-state index contributed by atoms with van der Waals surface area (Å²) in [6, 6.07) is 2.58. The van der Waals surface area contributed by atoms with E-state index in [9.17, 15) is 9.59 Å². The number of nitrogens with zero attached hydrogens (tertiary/aromatic N) is 2. The SMILES string of the molecule is COc1c[nH]c(C(=O)N2C[C@H]3C[C@@H](C2)[C@H](CCC(C)C)N2CCCC[C@@H]32)cc1=O. The Morgan fingerprint density at radius 1 is 1.28 bits per heavy atom. The van der Waals surface area contributed by atoms with Crippen LogP contribution in [0.2, 0.25) is 0 Å². The molecule has 1 aromatic heterocycles. The maximum atomic E-state index is 13.2. The number of carbonyl (C=O) groups is 1. The molecule has 29 heavy (non-hydrogen) atoms. The van der Waals surface area contributed by atoms with Crippen molar-refractivity contribution in [3.05, 3.63) is 28.2 Å². The van der Waals surface area contributed by atoms with Crippen LogP contribution in [-0.2, 0) is 0 Å². The number of rotatable bonds is 5. The molecular weight excluding hydrogens is 366 g/mol. The molecule has 0 aromatic carbocycles. The number of methoxy groups -OCH3 is 1. The van der Waals surface area contributed by atoms with Crippen LogP contribution in [0.5, 0.6) is 5.75 Å². The van der Waals surface area contributed by atoms with Crippen molar-refractivity contribution in [2.45, 2.75) is 64.5 Å². The molecule has 0 unspecified atom stereocenters. The van der Waals surface area contributed by atoms with E-state index >= 15 is 0 Å². The molecule has 0 radical (unpaired) electrons. The smallest absolute Gasteiger partial charge is 0.270 e. The zero-order chi connectivity index (χ0) is 20.5. The van der Waals surface area contributed by atoms with Crippen LogP contribution in [0.15, 0.2) is 17.1 Å². The van der Waals surface area contributed by atoms with Gasteiger partial charge in [0.2, 0.25) is 5.43 Å². The van der Waals surface area contributed by atoms with Crippen LogP contribution in [0.25, 0.3) is 0 Å². The van der Waals surface area contributed by atoms with Crippen molar-refractivity contribution < 1.29 is 9.53 Å². The van der Waals surface area contributed by atoms with Crippen molar-refractivity contribution in [3.63, 3.8) is 0 Å². The van der Waals surface area contributed by atoms with E-state index in [0.717, 1.165) is 13.1 Å². The summed E-state index contributed by atoms with van der Waals surface area (Å²) >= 11 is 0. The Bertz CT molecular complexity index is 790. The van der Waals surface area contributed by atoms with Gasteiger partial charge in [0.25, 0.3) is 5.91 Å². The zero-order valence-corrected chi connectivity index (χ0v) is 18.0. The quantitative estimate of drug-likeness (QED) is 0.823. The third-order valence-electron chi connectivity index (χ3n) is 7.28.